The van der Waals surface area contributed by atoms with Crippen LogP contribution < -0.4 is 0 Å². The minimum absolute atomic E-state index is 0.108. The first-order valence-electron chi connectivity index (χ1n) is 29.5. The monoisotopic (exact) mass is 997 g/mol. The molecule has 6 nitrogen and oxygen atoms in total. The Bertz CT molecular complexity index is 1520. The third-order valence-corrected chi connectivity index (χ3v) is 12.2. The van der Waals surface area contributed by atoms with E-state index in [9.17, 15) is 14.4 Å². The summed E-state index contributed by atoms with van der Waals surface area (Å²) >= 11 is 0. The van der Waals surface area contributed by atoms with Crippen molar-refractivity contribution in [3.05, 3.63) is 122 Å². The predicted octanol–water partition coefficient (Wildman–Crippen LogP) is 20.0. The Hall–Kier alpha value is -4.19. The van der Waals surface area contributed by atoms with Gasteiger partial charge in [0.1, 0.15) is 13.2 Å². The van der Waals surface area contributed by atoms with Crippen LogP contribution in [0.5, 0.6) is 0 Å². The van der Waals surface area contributed by atoms with Gasteiger partial charge in [0.25, 0.3) is 0 Å². The molecule has 0 saturated heterocycles. The maximum atomic E-state index is 12.9. The van der Waals surface area contributed by atoms with E-state index in [-0.39, 0.29) is 37.5 Å². The van der Waals surface area contributed by atoms with Crippen molar-refractivity contribution < 1.29 is 28.6 Å². The second-order valence-electron chi connectivity index (χ2n) is 19.2. The van der Waals surface area contributed by atoms with Gasteiger partial charge in [-0.05, 0) is 122 Å². The van der Waals surface area contributed by atoms with E-state index in [1.807, 2.05) is 0 Å². The molecule has 0 amide bonds. The summed E-state index contributed by atoms with van der Waals surface area (Å²) in [5, 5.41) is 0. The Morgan fingerprint density at radius 2 is 0.583 bits per heavy atom. The third-order valence-electron chi connectivity index (χ3n) is 12.2. The van der Waals surface area contributed by atoms with E-state index in [2.05, 4.69) is 142 Å². The van der Waals surface area contributed by atoms with Crippen LogP contribution >= 0.6 is 0 Å². The molecule has 408 valence electrons. The summed E-state index contributed by atoms with van der Waals surface area (Å²) in [5.74, 6) is -0.987. The lowest BCUT2D eigenvalue weighted by Gasteiger charge is -2.18. The van der Waals surface area contributed by atoms with Crippen molar-refractivity contribution in [1.82, 2.24) is 0 Å². The lowest BCUT2D eigenvalue weighted by molar-refractivity contribution is -0.167. The van der Waals surface area contributed by atoms with E-state index in [0.29, 0.717) is 19.3 Å². The van der Waals surface area contributed by atoms with Crippen molar-refractivity contribution in [2.45, 2.75) is 264 Å². The molecule has 0 aliphatic carbocycles. The van der Waals surface area contributed by atoms with Gasteiger partial charge < -0.3 is 14.2 Å². The molecular weight excluding hydrogens is 889 g/mol. The maximum absolute atomic E-state index is 12.9. The molecule has 0 fully saturated rings. The van der Waals surface area contributed by atoms with Gasteiger partial charge in [-0.15, -0.1) is 0 Å². The Labute approximate surface area is 443 Å². The number of carbonyl (C=O) groups is 3. The zero-order valence-corrected chi connectivity index (χ0v) is 46.7. The first-order chi connectivity index (χ1) is 35.5. The van der Waals surface area contributed by atoms with Gasteiger partial charge >= 0.3 is 17.9 Å². The Morgan fingerprint density at radius 1 is 0.292 bits per heavy atom. The van der Waals surface area contributed by atoms with E-state index >= 15 is 0 Å². The zero-order valence-electron chi connectivity index (χ0n) is 46.7. The van der Waals surface area contributed by atoms with Gasteiger partial charge in [0.2, 0.25) is 0 Å². The molecule has 0 heterocycles. The lowest BCUT2D eigenvalue weighted by Crippen LogP contribution is -2.30. The van der Waals surface area contributed by atoms with Crippen LogP contribution in [0.3, 0.4) is 0 Å². The molecule has 0 radical (unpaired) electrons. The molecule has 1 unspecified atom stereocenters. The molecule has 0 aliphatic rings. The number of carbonyl (C=O) groups excluding carboxylic acids is 3. The van der Waals surface area contributed by atoms with Crippen molar-refractivity contribution >= 4 is 17.9 Å². The second-order valence-corrected chi connectivity index (χ2v) is 19.2. The Balaban J connectivity index is 4.49. The van der Waals surface area contributed by atoms with Crippen molar-refractivity contribution in [1.29, 1.82) is 0 Å². The number of hydrogen-bond donors (Lipinski definition) is 0. The van der Waals surface area contributed by atoms with E-state index in [4.69, 9.17) is 14.2 Å². The molecule has 72 heavy (non-hydrogen) atoms. The van der Waals surface area contributed by atoms with Crippen LogP contribution in [-0.2, 0) is 28.6 Å². The molecular formula is C66H108O6. The van der Waals surface area contributed by atoms with Gasteiger partial charge in [0, 0.05) is 19.3 Å². The SMILES string of the molecule is CC/C=C\C/C=C\C/C=C\C/C=C\C/C=C\C/C=C\C/C=C\CCCC(=O)OCC(COC(=O)CCCCCCC/C=C\C/C=C\CCC)OC(=O)CCCCCCCCC/C=C\CCCCCCCCC. The standard InChI is InChI=1S/C66H108O6/c1-4-7-10-13-16-19-22-25-27-29-31-32-33-34-35-37-38-41-44-47-50-53-56-59-65(68)71-62-63(61-70-64(67)58-55-52-49-46-43-40-24-21-18-15-12-9-6-3)72-66(69)60-57-54-51-48-45-42-39-36-30-28-26-23-20-17-14-11-8-5-2/h7,10,12,15-16,19,21,24-25,27-28,30-32,34-35,38,41,47,50,63H,4-6,8-9,11,13-14,17-18,20,22-23,26,29,33,36-37,39-40,42-46,48-49,51-62H2,1-3H3/b10-7-,15-12-,19-16-,24-21-,27-25-,30-28-,32-31-,35-34-,41-38-,50-47-. The number of allylic oxidation sites excluding steroid dienone is 20. The third kappa shape index (κ3) is 56.7. The average Bonchev–Trinajstić information content (AvgIpc) is 3.38. The van der Waals surface area contributed by atoms with Gasteiger partial charge in [0.15, 0.2) is 6.10 Å². The molecule has 0 N–H and O–H groups in total. The van der Waals surface area contributed by atoms with Crippen LogP contribution in [0.25, 0.3) is 0 Å². The summed E-state index contributed by atoms with van der Waals surface area (Å²) in [6.45, 7) is 6.40. The average molecular weight is 998 g/mol. The summed E-state index contributed by atoms with van der Waals surface area (Å²) in [7, 11) is 0. The van der Waals surface area contributed by atoms with Crippen molar-refractivity contribution in [3.8, 4) is 0 Å². The molecule has 0 aliphatic heterocycles. The van der Waals surface area contributed by atoms with E-state index in [1.54, 1.807) is 0 Å². The van der Waals surface area contributed by atoms with Crippen molar-refractivity contribution in [2.24, 2.45) is 0 Å². The minimum atomic E-state index is -0.813. The highest BCUT2D eigenvalue weighted by atomic mass is 16.6. The largest absolute Gasteiger partial charge is 0.462 e. The predicted molar refractivity (Wildman–Crippen MR) is 311 cm³/mol. The highest BCUT2D eigenvalue weighted by Gasteiger charge is 2.19. The Morgan fingerprint density at radius 3 is 0.972 bits per heavy atom. The lowest BCUT2D eigenvalue weighted by atomic mass is 10.1. The van der Waals surface area contributed by atoms with Crippen LogP contribution in [0.4, 0.5) is 0 Å². The van der Waals surface area contributed by atoms with Gasteiger partial charge in [-0.1, -0.05) is 239 Å². The van der Waals surface area contributed by atoms with Crippen LogP contribution in [0.15, 0.2) is 122 Å². The molecule has 0 saturated carbocycles. The first kappa shape index (κ1) is 67.8. The zero-order chi connectivity index (χ0) is 52.2. The van der Waals surface area contributed by atoms with Crippen molar-refractivity contribution in [2.75, 3.05) is 13.2 Å². The van der Waals surface area contributed by atoms with Gasteiger partial charge in [0.05, 0.1) is 0 Å². The highest BCUT2D eigenvalue weighted by Crippen LogP contribution is 2.14. The highest BCUT2D eigenvalue weighted by molar-refractivity contribution is 5.71. The summed E-state index contributed by atoms with van der Waals surface area (Å²) < 4.78 is 16.8. The fraction of sp³-hybridized carbons (Fsp3) is 0.652. The second kappa shape index (κ2) is 59.4. The van der Waals surface area contributed by atoms with Crippen LogP contribution in [0.2, 0.25) is 0 Å². The molecule has 0 bridgehead atoms. The van der Waals surface area contributed by atoms with Crippen LogP contribution in [0.1, 0.15) is 258 Å². The molecule has 6 heteroatoms. The van der Waals surface area contributed by atoms with Crippen LogP contribution in [0, 0.1) is 0 Å². The number of unbranched alkanes of at least 4 members (excludes halogenated alkanes) is 21. The van der Waals surface area contributed by atoms with E-state index in [0.717, 1.165) is 122 Å². The molecule has 0 aromatic carbocycles. The van der Waals surface area contributed by atoms with Crippen molar-refractivity contribution in [3.63, 3.8) is 0 Å². The van der Waals surface area contributed by atoms with Gasteiger partial charge in [-0.2, -0.15) is 0 Å². The fourth-order valence-corrected chi connectivity index (χ4v) is 7.76. The summed E-state index contributed by atoms with van der Waals surface area (Å²) in [6, 6.07) is 0. The number of esters is 3. The molecule has 0 aromatic heterocycles. The molecule has 1 atom stereocenters. The normalized spacial score (nSPS) is 13.0. The minimum Gasteiger partial charge on any atom is -0.462 e. The summed E-state index contributed by atoms with van der Waals surface area (Å²) in [6.07, 6.45) is 82.0. The number of rotatable bonds is 52. The van der Waals surface area contributed by atoms with E-state index in [1.165, 1.54) is 89.9 Å². The van der Waals surface area contributed by atoms with E-state index < -0.39 is 6.10 Å². The summed E-state index contributed by atoms with van der Waals surface area (Å²) in [5.41, 5.74) is 0. The van der Waals surface area contributed by atoms with Gasteiger partial charge in [-0.25, -0.2) is 0 Å². The summed E-state index contributed by atoms with van der Waals surface area (Å²) in [4.78, 5) is 38.2. The number of ether oxygens (including phenoxy) is 3. The van der Waals surface area contributed by atoms with Gasteiger partial charge in [-0.3, -0.25) is 14.4 Å². The number of hydrogen-bond acceptors (Lipinski definition) is 6. The molecule has 0 rings (SSSR count). The quantitative estimate of drug-likeness (QED) is 0.0261. The Kier molecular flexibility index (Phi) is 55.9. The van der Waals surface area contributed by atoms with Crippen LogP contribution in [-0.4, -0.2) is 37.2 Å². The molecule has 0 spiro atoms. The topological polar surface area (TPSA) is 78.9 Å². The molecule has 0 aromatic rings. The maximum Gasteiger partial charge on any atom is 0.306 e. The fourth-order valence-electron chi connectivity index (χ4n) is 7.76. The first-order valence-corrected chi connectivity index (χ1v) is 29.5. The smallest absolute Gasteiger partial charge is 0.306 e.